The molecule has 0 fully saturated rings. The molecular formula is C11H13N3O2. The molecule has 0 spiro atoms. The van der Waals surface area contributed by atoms with Crippen LogP contribution in [0.4, 0.5) is 0 Å². The number of nitrogens with zero attached hydrogens (tertiary/aromatic N) is 3. The van der Waals surface area contributed by atoms with Crippen molar-refractivity contribution in [2.75, 3.05) is 6.61 Å². The quantitative estimate of drug-likeness (QED) is 0.710. The molecule has 2 aromatic rings. The second kappa shape index (κ2) is 4.74. The third-order valence-corrected chi connectivity index (χ3v) is 2.21. The van der Waals surface area contributed by atoms with Gasteiger partial charge in [-0.25, -0.2) is 0 Å². The molecule has 0 amide bonds. The van der Waals surface area contributed by atoms with Crippen LogP contribution in [0.15, 0.2) is 24.3 Å². The van der Waals surface area contributed by atoms with Crippen molar-refractivity contribution in [1.82, 2.24) is 15.2 Å². The summed E-state index contributed by atoms with van der Waals surface area (Å²) in [6.45, 7) is 2.04. The summed E-state index contributed by atoms with van der Waals surface area (Å²) in [5.41, 5.74) is 1.64. The first-order valence-corrected chi connectivity index (χ1v) is 5.20. The summed E-state index contributed by atoms with van der Waals surface area (Å²) in [5, 5.41) is 7.83. The van der Waals surface area contributed by atoms with Gasteiger partial charge in [0.25, 0.3) is 0 Å². The Bertz CT molecular complexity index is 493. The van der Waals surface area contributed by atoms with E-state index < -0.39 is 0 Å². The molecule has 2 rings (SSSR count). The van der Waals surface area contributed by atoms with E-state index in [0.717, 1.165) is 11.0 Å². The van der Waals surface area contributed by atoms with Crippen LogP contribution in [0.3, 0.4) is 0 Å². The van der Waals surface area contributed by atoms with Crippen LogP contribution >= 0.6 is 0 Å². The highest BCUT2D eigenvalue weighted by atomic mass is 16.7. The molecule has 0 bridgehead atoms. The topological polar surface area (TPSA) is 57.0 Å². The second-order valence-electron chi connectivity index (χ2n) is 3.59. The molecule has 0 unspecified atom stereocenters. The van der Waals surface area contributed by atoms with Gasteiger partial charge in [-0.3, -0.25) is 0 Å². The number of fused-ring (bicyclic) bond motifs is 1. The van der Waals surface area contributed by atoms with E-state index in [1.807, 2.05) is 24.3 Å². The Morgan fingerprint density at radius 1 is 1.44 bits per heavy atom. The minimum Gasteiger partial charge on any atom is -0.395 e. The zero-order chi connectivity index (χ0) is 11.4. The Hall–Kier alpha value is -1.91. The Morgan fingerprint density at radius 3 is 3.06 bits per heavy atom. The van der Waals surface area contributed by atoms with E-state index in [1.54, 1.807) is 6.92 Å². The monoisotopic (exact) mass is 219 g/mol. The maximum atomic E-state index is 10.7. The highest BCUT2D eigenvalue weighted by Crippen LogP contribution is 2.08. The molecule has 84 valence electrons. The van der Waals surface area contributed by atoms with Crippen LogP contribution in [0.5, 0.6) is 0 Å². The van der Waals surface area contributed by atoms with Crippen LogP contribution < -0.4 is 4.84 Å². The molecule has 0 saturated carbocycles. The van der Waals surface area contributed by atoms with Crippen LogP contribution in [-0.4, -0.2) is 27.5 Å². The maximum absolute atomic E-state index is 10.7. The Labute approximate surface area is 93.0 Å². The van der Waals surface area contributed by atoms with E-state index in [-0.39, 0.29) is 5.78 Å². The van der Waals surface area contributed by atoms with Gasteiger partial charge >= 0.3 is 0 Å². The van der Waals surface area contributed by atoms with Crippen molar-refractivity contribution in [3.05, 3.63) is 24.3 Å². The maximum Gasteiger partial charge on any atom is 0.130 e. The number of rotatable bonds is 5. The number of hydrogen-bond acceptors (Lipinski definition) is 4. The van der Waals surface area contributed by atoms with Gasteiger partial charge in [-0.15, -0.1) is 5.10 Å². The van der Waals surface area contributed by atoms with Crippen LogP contribution in [0.2, 0.25) is 0 Å². The van der Waals surface area contributed by atoms with Gasteiger partial charge in [-0.1, -0.05) is 17.0 Å². The van der Waals surface area contributed by atoms with E-state index in [9.17, 15) is 4.79 Å². The lowest BCUT2D eigenvalue weighted by Gasteiger charge is -2.03. The number of carbonyl (C=O) groups excluding carboxylic acids is 1. The van der Waals surface area contributed by atoms with Gasteiger partial charge in [0.05, 0.1) is 0 Å². The second-order valence-corrected chi connectivity index (χ2v) is 3.59. The number of hydrogen-bond donors (Lipinski definition) is 0. The number of para-hydroxylation sites is 1. The van der Waals surface area contributed by atoms with Gasteiger partial charge in [-0.2, -0.15) is 0 Å². The highest BCUT2D eigenvalue weighted by Gasteiger charge is 2.03. The van der Waals surface area contributed by atoms with E-state index in [0.29, 0.717) is 19.4 Å². The van der Waals surface area contributed by atoms with E-state index in [4.69, 9.17) is 4.84 Å². The third-order valence-electron chi connectivity index (χ3n) is 2.21. The van der Waals surface area contributed by atoms with E-state index in [1.165, 1.54) is 4.85 Å². The number of Topliss-reactive ketones (excluding diaryl/α,β-unsaturated/α-hetero) is 1. The highest BCUT2D eigenvalue weighted by molar-refractivity contribution is 5.75. The van der Waals surface area contributed by atoms with Crippen LogP contribution in [0.1, 0.15) is 19.8 Å². The molecule has 1 aromatic heterocycles. The fourth-order valence-electron chi connectivity index (χ4n) is 1.41. The van der Waals surface area contributed by atoms with Crippen molar-refractivity contribution in [2.24, 2.45) is 0 Å². The van der Waals surface area contributed by atoms with Crippen molar-refractivity contribution < 1.29 is 9.63 Å². The molecule has 0 aliphatic rings. The van der Waals surface area contributed by atoms with Gasteiger partial charge in [0.1, 0.15) is 23.4 Å². The smallest absolute Gasteiger partial charge is 0.130 e. The Kier molecular flexibility index (Phi) is 3.14. The molecule has 0 saturated heterocycles. The lowest BCUT2D eigenvalue weighted by molar-refractivity contribution is -0.117. The number of benzene rings is 1. The molecule has 0 aliphatic heterocycles. The summed E-state index contributed by atoms with van der Waals surface area (Å²) in [5.74, 6) is 0.173. The SMILES string of the molecule is CC(=O)CCCOn1nnc2ccccc21. The van der Waals surface area contributed by atoms with Crippen molar-refractivity contribution in [2.45, 2.75) is 19.8 Å². The summed E-state index contributed by atoms with van der Waals surface area (Å²) >= 11 is 0. The van der Waals surface area contributed by atoms with Crippen molar-refractivity contribution in [3.63, 3.8) is 0 Å². The summed E-state index contributed by atoms with van der Waals surface area (Å²) < 4.78 is 0. The van der Waals surface area contributed by atoms with Gasteiger partial charge in [-0.05, 0) is 30.7 Å². The third kappa shape index (κ3) is 2.36. The average Bonchev–Trinajstić information content (AvgIpc) is 2.68. The molecule has 1 heterocycles. The standard InChI is InChI=1S/C11H13N3O2/c1-9(15)5-4-8-16-14-11-7-3-2-6-10(11)12-13-14/h2-3,6-7H,4-5,8H2,1H3. The fourth-order valence-corrected chi connectivity index (χ4v) is 1.41. The molecule has 0 atom stereocenters. The normalized spacial score (nSPS) is 10.6. The number of carbonyl (C=O) groups is 1. The van der Waals surface area contributed by atoms with Crippen molar-refractivity contribution in [3.8, 4) is 0 Å². The van der Waals surface area contributed by atoms with Crippen LogP contribution in [-0.2, 0) is 4.79 Å². The van der Waals surface area contributed by atoms with Gasteiger partial charge in [0.2, 0.25) is 0 Å². The molecular weight excluding hydrogens is 206 g/mol. The molecule has 16 heavy (non-hydrogen) atoms. The van der Waals surface area contributed by atoms with Gasteiger partial charge in [0, 0.05) is 6.42 Å². The van der Waals surface area contributed by atoms with Crippen molar-refractivity contribution >= 4 is 16.8 Å². The average molecular weight is 219 g/mol. The van der Waals surface area contributed by atoms with Crippen LogP contribution in [0, 0.1) is 0 Å². The van der Waals surface area contributed by atoms with Gasteiger partial charge < -0.3 is 9.63 Å². The Balaban J connectivity index is 1.97. The van der Waals surface area contributed by atoms with Crippen LogP contribution in [0.25, 0.3) is 11.0 Å². The fraction of sp³-hybridized carbons (Fsp3) is 0.364. The molecule has 5 nitrogen and oxygen atoms in total. The molecule has 1 aromatic carbocycles. The molecule has 5 heteroatoms. The van der Waals surface area contributed by atoms with Crippen molar-refractivity contribution in [1.29, 1.82) is 0 Å². The van der Waals surface area contributed by atoms with E-state index in [2.05, 4.69) is 10.3 Å². The zero-order valence-corrected chi connectivity index (χ0v) is 9.09. The Morgan fingerprint density at radius 2 is 2.25 bits per heavy atom. The minimum atomic E-state index is 0.173. The largest absolute Gasteiger partial charge is 0.395 e. The lowest BCUT2D eigenvalue weighted by Crippen LogP contribution is -2.14. The molecule has 0 N–H and O–H groups in total. The molecule has 0 radical (unpaired) electrons. The minimum absolute atomic E-state index is 0.173. The summed E-state index contributed by atoms with van der Waals surface area (Å²) in [4.78, 5) is 17.5. The summed E-state index contributed by atoms with van der Waals surface area (Å²) in [6, 6.07) is 7.57. The molecule has 0 aliphatic carbocycles. The summed E-state index contributed by atoms with van der Waals surface area (Å²) in [7, 11) is 0. The zero-order valence-electron chi connectivity index (χ0n) is 9.09. The number of ketones is 1. The predicted molar refractivity (Wildman–Crippen MR) is 58.9 cm³/mol. The first-order chi connectivity index (χ1) is 7.77. The predicted octanol–water partition coefficient (Wildman–Crippen LogP) is 1.23. The lowest BCUT2D eigenvalue weighted by atomic mass is 10.2. The van der Waals surface area contributed by atoms with Gasteiger partial charge in [0.15, 0.2) is 0 Å². The first-order valence-electron chi connectivity index (χ1n) is 5.20. The number of aromatic nitrogens is 3. The summed E-state index contributed by atoms with van der Waals surface area (Å²) in [6.07, 6.45) is 1.23. The van der Waals surface area contributed by atoms with E-state index >= 15 is 0 Å². The first kappa shape index (κ1) is 10.6.